The molecule has 1 aromatic carbocycles. The third-order valence-corrected chi connectivity index (χ3v) is 5.76. The topological polar surface area (TPSA) is 64.7 Å². The molecule has 2 aliphatic rings. The highest BCUT2D eigenvalue weighted by Gasteiger charge is 2.31. The number of piperazine rings is 1. The van der Waals surface area contributed by atoms with Crippen molar-refractivity contribution >= 4 is 11.8 Å². The number of piperidine rings is 1. The van der Waals surface area contributed by atoms with E-state index in [1.807, 2.05) is 6.07 Å². The van der Waals surface area contributed by atoms with Gasteiger partial charge >= 0.3 is 0 Å². The molecule has 2 N–H and O–H groups in total. The average molecular weight is 399 g/mol. The number of rotatable bonds is 7. The number of carbonyl (C=O) groups is 2. The Kier molecular flexibility index (Phi) is 7.83. The summed E-state index contributed by atoms with van der Waals surface area (Å²) in [6.45, 7) is 9.17. The predicted molar refractivity (Wildman–Crippen MR) is 115 cm³/mol. The summed E-state index contributed by atoms with van der Waals surface area (Å²) in [5, 5.41) is 6.07. The molecule has 6 heteroatoms. The third kappa shape index (κ3) is 6.68. The SMILES string of the molecule is CC(C)=CCN1CCNC(=O)C1CC(=O)NC1CCN(Cc2ccccc2)CC1. The van der Waals surface area contributed by atoms with Gasteiger partial charge in [-0.1, -0.05) is 42.0 Å². The van der Waals surface area contributed by atoms with E-state index in [0.717, 1.165) is 39.0 Å². The number of benzene rings is 1. The van der Waals surface area contributed by atoms with Gasteiger partial charge in [0.1, 0.15) is 0 Å². The molecule has 0 bridgehead atoms. The summed E-state index contributed by atoms with van der Waals surface area (Å²) in [6, 6.07) is 10.3. The summed E-state index contributed by atoms with van der Waals surface area (Å²) in [5.41, 5.74) is 2.55. The maximum atomic E-state index is 12.6. The predicted octanol–water partition coefficient (Wildman–Crippen LogP) is 1.92. The first-order chi connectivity index (χ1) is 14.0. The second-order valence-corrected chi connectivity index (χ2v) is 8.39. The molecular formula is C23H34N4O2. The van der Waals surface area contributed by atoms with Gasteiger partial charge in [0.2, 0.25) is 11.8 Å². The van der Waals surface area contributed by atoms with Gasteiger partial charge < -0.3 is 10.6 Å². The van der Waals surface area contributed by atoms with E-state index in [9.17, 15) is 9.59 Å². The Morgan fingerprint density at radius 3 is 2.59 bits per heavy atom. The lowest BCUT2D eigenvalue weighted by atomic mass is 10.0. The molecule has 2 amide bonds. The van der Waals surface area contributed by atoms with E-state index in [0.29, 0.717) is 13.1 Å². The largest absolute Gasteiger partial charge is 0.353 e. The molecule has 3 rings (SSSR count). The van der Waals surface area contributed by atoms with Crippen molar-refractivity contribution in [2.24, 2.45) is 0 Å². The minimum Gasteiger partial charge on any atom is -0.353 e. The van der Waals surface area contributed by atoms with Gasteiger partial charge in [-0.25, -0.2) is 0 Å². The number of likely N-dealkylation sites (tertiary alicyclic amines) is 1. The molecule has 0 aliphatic carbocycles. The van der Waals surface area contributed by atoms with Gasteiger partial charge in [-0.2, -0.15) is 0 Å². The lowest BCUT2D eigenvalue weighted by Gasteiger charge is -2.35. The normalized spacial score (nSPS) is 21.4. The molecular weight excluding hydrogens is 364 g/mol. The number of nitrogens with zero attached hydrogens (tertiary/aromatic N) is 2. The van der Waals surface area contributed by atoms with Gasteiger partial charge in [0.05, 0.1) is 12.5 Å². The fourth-order valence-corrected chi connectivity index (χ4v) is 4.04. The smallest absolute Gasteiger partial charge is 0.237 e. The summed E-state index contributed by atoms with van der Waals surface area (Å²) in [5.74, 6) is -0.0537. The van der Waals surface area contributed by atoms with Crippen molar-refractivity contribution in [3.63, 3.8) is 0 Å². The van der Waals surface area contributed by atoms with Crippen molar-refractivity contribution in [3.05, 3.63) is 47.5 Å². The van der Waals surface area contributed by atoms with Gasteiger partial charge in [0.15, 0.2) is 0 Å². The van der Waals surface area contributed by atoms with Crippen molar-refractivity contribution in [2.75, 3.05) is 32.7 Å². The van der Waals surface area contributed by atoms with Crippen LogP contribution in [0.2, 0.25) is 0 Å². The first-order valence-electron chi connectivity index (χ1n) is 10.7. The Balaban J connectivity index is 1.45. The van der Waals surface area contributed by atoms with Gasteiger partial charge in [0.25, 0.3) is 0 Å². The number of carbonyl (C=O) groups excluding carboxylic acids is 2. The van der Waals surface area contributed by atoms with Crippen molar-refractivity contribution in [3.8, 4) is 0 Å². The molecule has 1 aromatic rings. The highest BCUT2D eigenvalue weighted by atomic mass is 16.2. The quantitative estimate of drug-likeness (QED) is 0.689. The highest BCUT2D eigenvalue weighted by molar-refractivity contribution is 5.88. The lowest BCUT2D eigenvalue weighted by Crippen LogP contribution is -2.57. The van der Waals surface area contributed by atoms with E-state index >= 15 is 0 Å². The van der Waals surface area contributed by atoms with Crippen LogP contribution in [0.1, 0.15) is 38.7 Å². The van der Waals surface area contributed by atoms with Crippen LogP contribution < -0.4 is 10.6 Å². The van der Waals surface area contributed by atoms with Crippen molar-refractivity contribution < 1.29 is 9.59 Å². The maximum absolute atomic E-state index is 12.6. The van der Waals surface area contributed by atoms with Crippen LogP contribution in [0.3, 0.4) is 0 Å². The van der Waals surface area contributed by atoms with E-state index in [4.69, 9.17) is 0 Å². The summed E-state index contributed by atoms with van der Waals surface area (Å²) < 4.78 is 0. The molecule has 0 aromatic heterocycles. The first kappa shape index (κ1) is 21.5. The fourth-order valence-electron chi connectivity index (χ4n) is 4.04. The average Bonchev–Trinajstić information content (AvgIpc) is 2.70. The standard InChI is InChI=1S/C23H34N4O2/c1-18(2)8-14-27-15-11-24-23(29)21(27)16-22(28)25-20-9-12-26(13-10-20)17-19-6-4-3-5-7-19/h3-8,20-21H,9-17H2,1-2H3,(H,24,29)(H,25,28). The molecule has 29 heavy (non-hydrogen) atoms. The highest BCUT2D eigenvalue weighted by Crippen LogP contribution is 2.15. The Morgan fingerprint density at radius 1 is 1.17 bits per heavy atom. The van der Waals surface area contributed by atoms with E-state index < -0.39 is 0 Å². The molecule has 2 fully saturated rings. The summed E-state index contributed by atoms with van der Waals surface area (Å²) >= 11 is 0. The number of hydrogen-bond donors (Lipinski definition) is 2. The molecule has 2 heterocycles. The van der Waals surface area contributed by atoms with Crippen LogP contribution in [0.4, 0.5) is 0 Å². The third-order valence-electron chi connectivity index (χ3n) is 5.76. The van der Waals surface area contributed by atoms with Gasteiger partial charge in [-0.3, -0.25) is 19.4 Å². The maximum Gasteiger partial charge on any atom is 0.237 e. The van der Waals surface area contributed by atoms with Crippen LogP contribution in [0, 0.1) is 0 Å². The van der Waals surface area contributed by atoms with Crippen LogP contribution in [0.5, 0.6) is 0 Å². The molecule has 6 nitrogen and oxygen atoms in total. The van der Waals surface area contributed by atoms with E-state index in [1.54, 1.807) is 0 Å². The number of amides is 2. The zero-order valence-electron chi connectivity index (χ0n) is 17.7. The lowest BCUT2D eigenvalue weighted by molar-refractivity contribution is -0.134. The molecule has 0 spiro atoms. The van der Waals surface area contributed by atoms with Crippen LogP contribution in [-0.2, 0) is 16.1 Å². The molecule has 1 atom stereocenters. The molecule has 0 saturated carbocycles. The van der Waals surface area contributed by atoms with E-state index in [1.165, 1.54) is 11.1 Å². The van der Waals surface area contributed by atoms with Crippen LogP contribution in [0.25, 0.3) is 0 Å². The number of hydrogen-bond acceptors (Lipinski definition) is 4. The van der Waals surface area contributed by atoms with Crippen LogP contribution in [0.15, 0.2) is 42.0 Å². The minimum absolute atomic E-state index is 0.0178. The monoisotopic (exact) mass is 398 g/mol. The second kappa shape index (κ2) is 10.6. The van der Waals surface area contributed by atoms with Crippen molar-refractivity contribution in [1.29, 1.82) is 0 Å². The number of allylic oxidation sites excluding steroid dienone is 1. The van der Waals surface area contributed by atoms with Gasteiger partial charge in [-0.15, -0.1) is 0 Å². The summed E-state index contributed by atoms with van der Waals surface area (Å²) in [4.78, 5) is 29.5. The molecule has 2 aliphatic heterocycles. The Hall–Kier alpha value is -2.18. The molecule has 2 saturated heterocycles. The zero-order valence-corrected chi connectivity index (χ0v) is 17.7. The Bertz CT molecular complexity index is 707. The summed E-state index contributed by atoms with van der Waals surface area (Å²) in [7, 11) is 0. The second-order valence-electron chi connectivity index (χ2n) is 8.39. The van der Waals surface area contributed by atoms with E-state index in [2.05, 4.69) is 64.6 Å². The molecule has 1 unspecified atom stereocenters. The fraction of sp³-hybridized carbons (Fsp3) is 0.565. The van der Waals surface area contributed by atoms with Crippen molar-refractivity contribution in [1.82, 2.24) is 20.4 Å². The number of nitrogens with one attached hydrogen (secondary N) is 2. The first-order valence-corrected chi connectivity index (χ1v) is 10.7. The van der Waals surface area contributed by atoms with Crippen LogP contribution in [-0.4, -0.2) is 66.4 Å². The zero-order chi connectivity index (χ0) is 20.6. The van der Waals surface area contributed by atoms with Crippen molar-refractivity contribution in [2.45, 2.75) is 51.7 Å². The Morgan fingerprint density at radius 2 is 1.90 bits per heavy atom. The van der Waals surface area contributed by atoms with Gasteiger partial charge in [-0.05, 0) is 32.3 Å². The summed E-state index contributed by atoms with van der Waals surface area (Å²) in [6.07, 6.45) is 4.26. The van der Waals surface area contributed by atoms with Gasteiger partial charge in [0, 0.05) is 45.3 Å². The molecule has 158 valence electrons. The minimum atomic E-state index is -0.377. The Labute approximate surface area is 174 Å². The molecule has 0 radical (unpaired) electrons. The van der Waals surface area contributed by atoms with E-state index in [-0.39, 0.29) is 30.3 Å². The van der Waals surface area contributed by atoms with Crippen LogP contribution >= 0.6 is 0 Å².